The molecular weight excluding hydrogens is 426 g/mol. The fraction of sp³-hybridized carbons (Fsp3) is 0.480. The first-order chi connectivity index (χ1) is 15.3. The second kappa shape index (κ2) is 9.24. The first-order valence-corrected chi connectivity index (χ1v) is 12.8. The number of sulfone groups is 1. The van der Waals surface area contributed by atoms with Crippen LogP contribution in [0.25, 0.3) is 0 Å². The Bertz CT molecular complexity index is 1080. The molecule has 1 aliphatic heterocycles. The highest BCUT2D eigenvalue weighted by Crippen LogP contribution is 2.42. The van der Waals surface area contributed by atoms with Crippen molar-refractivity contribution in [2.45, 2.75) is 68.1 Å². The van der Waals surface area contributed by atoms with Crippen LogP contribution < -0.4 is 10.1 Å². The molecule has 0 aromatic heterocycles. The maximum Gasteiger partial charge on any atom is 0.246 e. The monoisotopic (exact) mass is 457 g/mol. The van der Waals surface area contributed by atoms with E-state index in [0.29, 0.717) is 43.7 Å². The molecule has 2 aliphatic rings. The van der Waals surface area contributed by atoms with Gasteiger partial charge in [-0.25, -0.2) is 8.42 Å². The number of aryl methyl sites for hydroxylation is 2. The van der Waals surface area contributed by atoms with E-state index in [-0.39, 0.29) is 11.0 Å². The van der Waals surface area contributed by atoms with E-state index in [1.807, 2.05) is 19.9 Å². The largest absolute Gasteiger partial charge is 0.491 e. The van der Waals surface area contributed by atoms with Crippen LogP contribution in [0.4, 0.5) is 5.69 Å². The highest BCUT2D eigenvalue weighted by atomic mass is 32.2. The predicted octanol–water partition coefficient (Wildman–Crippen LogP) is 4.59. The first kappa shape index (κ1) is 22.8. The number of rotatable bonds is 7. The summed E-state index contributed by atoms with van der Waals surface area (Å²) in [4.78, 5) is 13.6. The van der Waals surface area contributed by atoms with Crippen molar-refractivity contribution in [2.24, 2.45) is 0 Å². The highest BCUT2D eigenvalue weighted by Gasteiger charge is 2.53. The minimum Gasteiger partial charge on any atom is -0.491 e. The van der Waals surface area contributed by atoms with Gasteiger partial charge in [0.2, 0.25) is 5.91 Å². The van der Waals surface area contributed by atoms with E-state index in [0.717, 1.165) is 30.6 Å². The number of carbonyl (C=O) groups is 1. The number of anilines is 1. The molecule has 1 saturated carbocycles. The zero-order valence-electron chi connectivity index (χ0n) is 18.7. The number of ether oxygens (including phenoxy) is 2. The maximum atomic E-state index is 13.7. The Morgan fingerprint density at radius 1 is 1.09 bits per heavy atom. The second-order valence-electron chi connectivity index (χ2n) is 8.88. The van der Waals surface area contributed by atoms with E-state index in [1.165, 1.54) is 0 Å². The summed E-state index contributed by atoms with van der Waals surface area (Å²) in [6.45, 7) is 5.05. The molecule has 0 bridgehead atoms. The Morgan fingerprint density at radius 2 is 1.88 bits per heavy atom. The number of carbonyl (C=O) groups excluding carboxylic acids is 1. The van der Waals surface area contributed by atoms with Gasteiger partial charge in [0.25, 0.3) is 0 Å². The third-order valence-corrected chi connectivity index (χ3v) is 9.18. The van der Waals surface area contributed by atoms with Gasteiger partial charge in [0, 0.05) is 18.4 Å². The van der Waals surface area contributed by atoms with E-state index >= 15 is 0 Å². The summed E-state index contributed by atoms with van der Waals surface area (Å²) in [6, 6.07) is 12.2. The van der Waals surface area contributed by atoms with Crippen molar-refractivity contribution in [2.75, 3.05) is 18.5 Å². The van der Waals surface area contributed by atoms with Crippen molar-refractivity contribution in [3.63, 3.8) is 0 Å². The molecule has 2 aromatic carbocycles. The zero-order chi connectivity index (χ0) is 22.8. The SMILES string of the molecule is Cc1ccc(S(=O)(=O)C2(C(=O)Nc3cccc(OCC4CCCO4)c3)CCCC2)cc1C. The third kappa shape index (κ3) is 4.41. The smallest absolute Gasteiger partial charge is 0.246 e. The van der Waals surface area contributed by atoms with Gasteiger partial charge in [-0.3, -0.25) is 4.79 Å². The average molecular weight is 458 g/mol. The van der Waals surface area contributed by atoms with Gasteiger partial charge < -0.3 is 14.8 Å². The quantitative estimate of drug-likeness (QED) is 0.658. The lowest BCUT2D eigenvalue weighted by molar-refractivity contribution is -0.118. The summed E-state index contributed by atoms with van der Waals surface area (Å²) in [6.07, 6.45) is 4.19. The Kier molecular flexibility index (Phi) is 6.58. The zero-order valence-corrected chi connectivity index (χ0v) is 19.5. The minimum absolute atomic E-state index is 0.0955. The van der Waals surface area contributed by atoms with Crippen LogP contribution in [-0.4, -0.2) is 38.4 Å². The lowest BCUT2D eigenvalue weighted by Crippen LogP contribution is -2.47. The topological polar surface area (TPSA) is 81.7 Å². The second-order valence-corrected chi connectivity index (χ2v) is 11.1. The lowest BCUT2D eigenvalue weighted by atomic mass is 10.1. The van der Waals surface area contributed by atoms with Crippen LogP contribution in [0.2, 0.25) is 0 Å². The molecule has 1 atom stereocenters. The van der Waals surface area contributed by atoms with E-state index in [9.17, 15) is 13.2 Å². The van der Waals surface area contributed by atoms with Crippen LogP contribution in [0.3, 0.4) is 0 Å². The van der Waals surface area contributed by atoms with E-state index in [1.54, 1.807) is 36.4 Å². The molecule has 172 valence electrons. The highest BCUT2D eigenvalue weighted by molar-refractivity contribution is 7.93. The molecule has 0 spiro atoms. The number of hydrogen-bond donors (Lipinski definition) is 1. The van der Waals surface area contributed by atoms with Gasteiger partial charge in [-0.2, -0.15) is 0 Å². The van der Waals surface area contributed by atoms with Gasteiger partial charge in [0.15, 0.2) is 14.6 Å². The Labute approximate surface area is 190 Å². The van der Waals surface area contributed by atoms with Gasteiger partial charge in [-0.15, -0.1) is 0 Å². The first-order valence-electron chi connectivity index (χ1n) is 11.3. The van der Waals surface area contributed by atoms with Gasteiger partial charge >= 0.3 is 0 Å². The molecule has 32 heavy (non-hydrogen) atoms. The van der Waals surface area contributed by atoms with Crippen molar-refractivity contribution in [1.82, 2.24) is 0 Å². The fourth-order valence-corrected chi connectivity index (χ4v) is 6.70. The lowest BCUT2D eigenvalue weighted by Gasteiger charge is -2.28. The molecule has 1 amide bonds. The summed E-state index contributed by atoms with van der Waals surface area (Å²) >= 11 is 0. The summed E-state index contributed by atoms with van der Waals surface area (Å²) in [5, 5.41) is 2.87. The van der Waals surface area contributed by atoms with Crippen LogP contribution in [0, 0.1) is 13.8 Å². The van der Waals surface area contributed by atoms with Crippen molar-refractivity contribution >= 4 is 21.4 Å². The Balaban J connectivity index is 1.54. The third-order valence-electron chi connectivity index (χ3n) is 6.68. The molecular formula is C25H31NO5S. The molecule has 1 saturated heterocycles. The van der Waals surface area contributed by atoms with Crippen LogP contribution in [0.5, 0.6) is 5.75 Å². The minimum atomic E-state index is -3.85. The Hall–Kier alpha value is -2.38. The van der Waals surface area contributed by atoms with E-state index in [2.05, 4.69) is 5.32 Å². The molecule has 2 fully saturated rings. The molecule has 7 heteroatoms. The number of amides is 1. The number of benzene rings is 2. The molecule has 2 aromatic rings. The Morgan fingerprint density at radius 3 is 2.56 bits per heavy atom. The molecule has 1 unspecified atom stereocenters. The molecule has 1 aliphatic carbocycles. The van der Waals surface area contributed by atoms with Gasteiger partial charge in [0.05, 0.1) is 11.0 Å². The van der Waals surface area contributed by atoms with Gasteiger partial charge in [-0.05, 0) is 74.9 Å². The van der Waals surface area contributed by atoms with Crippen LogP contribution in [-0.2, 0) is 19.4 Å². The van der Waals surface area contributed by atoms with Crippen molar-refractivity contribution in [1.29, 1.82) is 0 Å². The molecule has 1 N–H and O–H groups in total. The maximum absolute atomic E-state index is 13.7. The van der Waals surface area contributed by atoms with Gasteiger partial charge in [-0.1, -0.05) is 25.0 Å². The van der Waals surface area contributed by atoms with Crippen LogP contribution in [0.15, 0.2) is 47.4 Å². The summed E-state index contributed by atoms with van der Waals surface area (Å²) < 4.78 is 37.3. The van der Waals surface area contributed by atoms with E-state index < -0.39 is 20.5 Å². The summed E-state index contributed by atoms with van der Waals surface area (Å²) in [5.41, 5.74) is 2.45. The standard InChI is InChI=1S/C25H31NO5S/c1-18-10-11-23(15-19(18)2)32(28,29)25(12-3-4-13-25)24(27)26-20-7-5-8-21(16-20)31-17-22-9-6-14-30-22/h5,7-8,10-11,15-16,22H,3-4,6,9,12-14,17H2,1-2H3,(H,26,27). The summed E-state index contributed by atoms with van der Waals surface area (Å²) in [7, 11) is -3.85. The molecule has 6 nitrogen and oxygen atoms in total. The van der Waals surface area contributed by atoms with E-state index in [4.69, 9.17) is 9.47 Å². The van der Waals surface area contributed by atoms with Crippen molar-refractivity contribution in [3.8, 4) is 5.75 Å². The average Bonchev–Trinajstić information content (AvgIpc) is 3.47. The normalized spacial score (nSPS) is 20.2. The van der Waals surface area contributed by atoms with Gasteiger partial charge in [0.1, 0.15) is 12.4 Å². The van der Waals surface area contributed by atoms with Crippen LogP contribution in [0.1, 0.15) is 49.7 Å². The predicted molar refractivity (Wildman–Crippen MR) is 124 cm³/mol. The number of hydrogen-bond acceptors (Lipinski definition) is 5. The number of nitrogens with one attached hydrogen (secondary N) is 1. The summed E-state index contributed by atoms with van der Waals surface area (Å²) in [5.74, 6) is 0.153. The molecule has 4 rings (SSSR count). The van der Waals surface area contributed by atoms with Crippen LogP contribution >= 0.6 is 0 Å². The fourth-order valence-electron chi connectivity index (χ4n) is 4.54. The van der Waals surface area contributed by atoms with Crippen molar-refractivity contribution in [3.05, 3.63) is 53.6 Å². The molecule has 0 radical (unpaired) electrons. The van der Waals surface area contributed by atoms with Crippen molar-refractivity contribution < 1.29 is 22.7 Å². The molecule has 1 heterocycles.